The Kier molecular flexibility index (Phi) is 8.06. The van der Waals surface area contributed by atoms with Crippen LogP contribution in [0.5, 0.6) is 11.5 Å². The number of nitrogens with zero attached hydrogens (tertiary/aromatic N) is 3. The number of rotatable bonds is 10. The summed E-state index contributed by atoms with van der Waals surface area (Å²) in [6, 6.07) is 7.84. The fourth-order valence-corrected chi connectivity index (χ4v) is 3.72. The molecule has 176 valence electrons. The number of pyridine rings is 1. The topological polar surface area (TPSA) is 92.2 Å². The van der Waals surface area contributed by atoms with Crippen LogP contribution in [0, 0.1) is 0 Å². The molecule has 0 aliphatic carbocycles. The quantitative estimate of drug-likeness (QED) is 0.335. The van der Waals surface area contributed by atoms with Crippen LogP contribution in [0.25, 0.3) is 5.76 Å². The molecule has 8 nitrogen and oxygen atoms in total. The number of aliphatic hydroxyl groups excluding tert-OH is 1. The van der Waals surface area contributed by atoms with E-state index in [0.717, 1.165) is 6.42 Å². The van der Waals surface area contributed by atoms with Gasteiger partial charge in [-0.15, -0.1) is 0 Å². The molecule has 2 heterocycles. The molecular weight excluding hydrogens is 422 g/mol. The Morgan fingerprint density at radius 1 is 1.09 bits per heavy atom. The van der Waals surface area contributed by atoms with E-state index >= 15 is 0 Å². The lowest BCUT2D eigenvalue weighted by Crippen LogP contribution is -2.35. The maximum atomic E-state index is 13.1. The van der Waals surface area contributed by atoms with E-state index in [1.165, 1.54) is 17.3 Å². The molecular formula is C25H31N3O5. The maximum Gasteiger partial charge on any atom is 0.295 e. The number of hydrogen-bond acceptors (Lipinski definition) is 7. The van der Waals surface area contributed by atoms with Gasteiger partial charge in [-0.25, -0.2) is 0 Å². The third kappa shape index (κ3) is 5.34. The minimum Gasteiger partial charge on any atom is -0.507 e. The number of benzene rings is 1. The van der Waals surface area contributed by atoms with E-state index in [0.29, 0.717) is 48.9 Å². The van der Waals surface area contributed by atoms with Gasteiger partial charge in [0, 0.05) is 31.0 Å². The van der Waals surface area contributed by atoms with Crippen molar-refractivity contribution in [3.8, 4) is 11.5 Å². The average molecular weight is 454 g/mol. The van der Waals surface area contributed by atoms with Gasteiger partial charge in [-0.3, -0.25) is 14.6 Å². The molecule has 33 heavy (non-hydrogen) atoms. The highest BCUT2D eigenvalue weighted by molar-refractivity contribution is 6.46. The highest BCUT2D eigenvalue weighted by atomic mass is 16.5. The third-order valence-corrected chi connectivity index (χ3v) is 5.33. The number of ether oxygens (including phenoxy) is 2. The van der Waals surface area contributed by atoms with Gasteiger partial charge < -0.3 is 24.4 Å². The van der Waals surface area contributed by atoms with Gasteiger partial charge in [-0.2, -0.15) is 0 Å². The Labute approximate surface area is 194 Å². The zero-order chi connectivity index (χ0) is 24.0. The van der Waals surface area contributed by atoms with Crippen molar-refractivity contribution in [2.75, 3.05) is 40.4 Å². The maximum absolute atomic E-state index is 13.1. The SMILES string of the molecule is CCCOc1ccc(C2C(=C(O)c3ccncc3)C(=O)C(=O)N2CCN(C)C)cc1OCC. The zero-order valence-corrected chi connectivity index (χ0v) is 19.6. The number of ketones is 1. The summed E-state index contributed by atoms with van der Waals surface area (Å²) in [5.41, 5.74) is 1.14. The van der Waals surface area contributed by atoms with Gasteiger partial charge in [0.2, 0.25) is 0 Å². The molecule has 8 heteroatoms. The van der Waals surface area contributed by atoms with Crippen molar-refractivity contribution < 1.29 is 24.2 Å². The molecule has 0 spiro atoms. The van der Waals surface area contributed by atoms with Gasteiger partial charge in [0.25, 0.3) is 11.7 Å². The number of aliphatic hydroxyl groups is 1. The highest BCUT2D eigenvalue weighted by Gasteiger charge is 2.46. The number of aromatic nitrogens is 1. The van der Waals surface area contributed by atoms with Gasteiger partial charge in [0.15, 0.2) is 11.5 Å². The second kappa shape index (κ2) is 11.0. The van der Waals surface area contributed by atoms with E-state index in [1.807, 2.05) is 38.9 Å². The lowest BCUT2D eigenvalue weighted by atomic mass is 9.95. The summed E-state index contributed by atoms with van der Waals surface area (Å²) >= 11 is 0. The molecule has 0 bridgehead atoms. The summed E-state index contributed by atoms with van der Waals surface area (Å²) in [6.07, 6.45) is 3.91. The van der Waals surface area contributed by atoms with E-state index in [1.54, 1.807) is 24.3 Å². The molecule has 1 aromatic heterocycles. The molecule has 1 aliphatic heterocycles. The first-order chi connectivity index (χ1) is 15.9. The molecule has 1 saturated heterocycles. The van der Waals surface area contributed by atoms with Crippen LogP contribution in [0.15, 0.2) is 48.3 Å². The van der Waals surface area contributed by atoms with Gasteiger partial charge in [0.05, 0.1) is 24.8 Å². The third-order valence-electron chi connectivity index (χ3n) is 5.33. The summed E-state index contributed by atoms with van der Waals surface area (Å²) in [4.78, 5) is 33.5. The highest BCUT2D eigenvalue weighted by Crippen LogP contribution is 2.41. The van der Waals surface area contributed by atoms with Gasteiger partial charge >= 0.3 is 0 Å². The first kappa shape index (κ1) is 24.3. The predicted octanol–water partition coefficient (Wildman–Crippen LogP) is 3.25. The number of carbonyl (C=O) groups excluding carboxylic acids is 2. The second-order valence-electron chi connectivity index (χ2n) is 8.02. The summed E-state index contributed by atoms with van der Waals surface area (Å²) in [6.45, 7) is 5.77. The number of carbonyl (C=O) groups is 2. The molecule has 1 fully saturated rings. The van der Waals surface area contributed by atoms with Crippen molar-refractivity contribution in [1.29, 1.82) is 0 Å². The van der Waals surface area contributed by atoms with Crippen molar-refractivity contribution in [3.05, 3.63) is 59.4 Å². The van der Waals surface area contributed by atoms with E-state index in [2.05, 4.69) is 4.98 Å². The van der Waals surface area contributed by atoms with Gasteiger partial charge in [0.1, 0.15) is 5.76 Å². The lowest BCUT2D eigenvalue weighted by molar-refractivity contribution is -0.140. The average Bonchev–Trinajstić information content (AvgIpc) is 3.07. The minimum atomic E-state index is -0.752. The smallest absolute Gasteiger partial charge is 0.295 e. The van der Waals surface area contributed by atoms with Crippen LogP contribution in [0.4, 0.5) is 0 Å². The van der Waals surface area contributed by atoms with Crippen LogP contribution in [-0.4, -0.2) is 72.0 Å². The zero-order valence-electron chi connectivity index (χ0n) is 19.6. The Bertz CT molecular complexity index is 1020. The molecule has 1 unspecified atom stereocenters. The number of likely N-dealkylation sites (N-methyl/N-ethyl adjacent to an activating group) is 1. The van der Waals surface area contributed by atoms with Crippen LogP contribution in [0.1, 0.15) is 37.4 Å². The monoisotopic (exact) mass is 453 g/mol. The fourth-order valence-electron chi connectivity index (χ4n) is 3.72. The molecule has 2 aromatic rings. The fraction of sp³-hybridized carbons (Fsp3) is 0.400. The predicted molar refractivity (Wildman–Crippen MR) is 125 cm³/mol. The van der Waals surface area contributed by atoms with Crippen LogP contribution in [0.2, 0.25) is 0 Å². The van der Waals surface area contributed by atoms with Crippen molar-refractivity contribution in [2.24, 2.45) is 0 Å². The van der Waals surface area contributed by atoms with Crippen LogP contribution in [-0.2, 0) is 9.59 Å². The molecule has 0 saturated carbocycles. The molecule has 1 amide bonds. The van der Waals surface area contributed by atoms with Crippen molar-refractivity contribution in [1.82, 2.24) is 14.8 Å². The Balaban J connectivity index is 2.14. The normalized spacial score (nSPS) is 17.6. The van der Waals surface area contributed by atoms with E-state index < -0.39 is 17.7 Å². The number of amides is 1. The second-order valence-corrected chi connectivity index (χ2v) is 8.02. The molecule has 3 rings (SSSR count). The summed E-state index contributed by atoms with van der Waals surface area (Å²) < 4.78 is 11.6. The van der Waals surface area contributed by atoms with Crippen molar-refractivity contribution in [3.63, 3.8) is 0 Å². The van der Waals surface area contributed by atoms with Crippen LogP contribution in [0.3, 0.4) is 0 Å². The molecule has 0 radical (unpaired) electrons. The Morgan fingerprint density at radius 3 is 2.45 bits per heavy atom. The standard InChI is InChI=1S/C25H31N3O5/c1-5-15-33-19-8-7-18(16-20(19)32-6-2)22-21(23(29)17-9-11-26-12-10-17)24(30)25(31)28(22)14-13-27(3)4/h7-12,16,22,29H,5-6,13-15H2,1-4H3. The summed E-state index contributed by atoms with van der Waals surface area (Å²) in [5.74, 6) is -0.441. The number of hydrogen-bond donors (Lipinski definition) is 1. The Hall–Kier alpha value is -3.39. The van der Waals surface area contributed by atoms with Gasteiger partial charge in [-0.05, 0) is 57.3 Å². The van der Waals surface area contributed by atoms with E-state index in [4.69, 9.17) is 9.47 Å². The number of likely N-dealkylation sites (tertiary alicyclic amines) is 1. The van der Waals surface area contributed by atoms with E-state index in [-0.39, 0.29) is 11.3 Å². The molecule has 1 aromatic carbocycles. The minimum absolute atomic E-state index is 0.0506. The molecule has 1 aliphatic rings. The number of Topliss-reactive ketones (excluding diaryl/α,β-unsaturated/α-hetero) is 1. The van der Waals surface area contributed by atoms with E-state index in [9.17, 15) is 14.7 Å². The molecule has 1 N–H and O–H groups in total. The lowest BCUT2D eigenvalue weighted by Gasteiger charge is -2.27. The largest absolute Gasteiger partial charge is 0.507 e. The van der Waals surface area contributed by atoms with Crippen molar-refractivity contribution >= 4 is 17.4 Å². The summed E-state index contributed by atoms with van der Waals surface area (Å²) in [5, 5.41) is 11.1. The van der Waals surface area contributed by atoms with Crippen LogP contribution >= 0.6 is 0 Å². The first-order valence-electron chi connectivity index (χ1n) is 11.1. The molecule has 1 atom stereocenters. The summed E-state index contributed by atoms with van der Waals surface area (Å²) in [7, 11) is 3.80. The van der Waals surface area contributed by atoms with Crippen molar-refractivity contribution in [2.45, 2.75) is 26.3 Å². The van der Waals surface area contributed by atoms with Crippen LogP contribution < -0.4 is 9.47 Å². The Morgan fingerprint density at radius 2 is 1.82 bits per heavy atom. The first-order valence-corrected chi connectivity index (χ1v) is 11.1. The van der Waals surface area contributed by atoms with Gasteiger partial charge in [-0.1, -0.05) is 13.0 Å².